The van der Waals surface area contributed by atoms with Crippen molar-refractivity contribution < 1.29 is 0 Å². The van der Waals surface area contributed by atoms with Crippen LogP contribution in [0.1, 0.15) is 11.1 Å². The number of rotatable bonds is 4. The van der Waals surface area contributed by atoms with Gasteiger partial charge in [-0.2, -0.15) is 0 Å². The third kappa shape index (κ3) is 18.5. The van der Waals surface area contributed by atoms with E-state index in [0.717, 1.165) is 11.1 Å². The highest BCUT2D eigenvalue weighted by Crippen LogP contribution is 1.97. The zero-order chi connectivity index (χ0) is 16.2. The highest BCUT2D eigenvalue weighted by molar-refractivity contribution is 14.0. The molecule has 26 heavy (non-hydrogen) atoms. The van der Waals surface area contributed by atoms with E-state index in [0.29, 0.717) is 13.1 Å². The van der Waals surface area contributed by atoms with E-state index >= 15 is 0 Å². The van der Waals surface area contributed by atoms with Gasteiger partial charge in [-0.05, 0) is 35.4 Å². The van der Waals surface area contributed by atoms with E-state index in [1.165, 1.54) is 0 Å². The highest BCUT2D eigenvalue weighted by atomic mass is 127. The first-order chi connectivity index (χ1) is 10.6. The van der Waals surface area contributed by atoms with Gasteiger partial charge in [0.25, 0.3) is 0 Å². The maximum atomic E-state index is 5.15. The number of halogens is 4. The Morgan fingerprint density at radius 1 is 0.615 bits per heavy atom. The fraction of sp³-hybridized carbons (Fsp3) is 0.143. The number of hydrogen-bond donors (Lipinski definition) is 4. The molecule has 0 fully saturated rings. The lowest BCUT2D eigenvalue weighted by Crippen LogP contribution is -2.22. The Labute approximate surface area is 221 Å². The first kappa shape index (κ1) is 33.4. The number of aliphatic imine (C=N–C) groups is 2. The van der Waals surface area contributed by atoms with Gasteiger partial charge < -0.3 is 22.9 Å². The number of nitrogens with zero attached hydrogens (tertiary/aromatic N) is 4. The molecule has 0 bridgehead atoms. The first-order valence-corrected chi connectivity index (χ1v) is 6.46. The summed E-state index contributed by atoms with van der Waals surface area (Å²) in [6.07, 6.45) is 6.82. The minimum Gasteiger partial charge on any atom is -0.370 e. The molecule has 0 aliphatic carbocycles. The summed E-state index contributed by atoms with van der Waals surface area (Å²) in [5.74, 6) is 0.226. The van der Waals surface area contributed by atoms with E-state index in [-0.39, 0.29) is 108 Å². The summed E-state index contributed by atoms with van der Waals surface area (Å²) in [7, 11) is 0. The molecule has 12 heteroatoms. The van der Waals surface area contributed by atoms with Gasteiger partial charge in [-0.1, -0.05) is 0 Å². The van der Waals surface area contributed by atoms with Crippen LogP contribution in [0.2, 0.25) is 0 Å². The molecule has 8 nitrogen and oxygen atoms in total. The van der Waals surface area contributed by atoms with Crippen molar-refractivity contribution in [2.24, 2.45) is 32.9 Å². The first-order valence-electron chi connectivity index (χ1n) is 6.46. The second-order valence-corrected chi connectivity index (χ2v) is 4.19. The summed E-state index contributed by atoms with van der Waals surface area (Å²) in [4.78, 5) is 15.4. The van der Waals surface area contributed by atoms with E-state index in [1.807, 2.05) is 24.3 Å². The van der Waals surface area contributed by atoms with Crippen LogP contribution in [0.25, 0.3) is 0 Å². The number of aromatic nitrogens is 2. The van der Waals surface area contributed by atoms with Gasteiger partial charge in [0.1, 0.15) is 0 Å². The van der Waals surface area contributed by atoms with Crippen LogP contribution < -0.4 is 22.9 Å². The lowest BCUT2D eigenvalue weighted by atomic mass is 10.3. The summed E-state index contributed by atoms with van der Waals surface area (Å²) in [6, 6.07) is 7.47. The minimum atomic E-state index is 0. The maximum absolute atomic E-state index is 5.15. The molecule has 0 unspecified atom stereocenters. The van der Waals surface area contributed by atoms with Crippen LogP contribution in [0.3, 0.4) is 0 Å². The Morgan fingerprint density at radius 2 is 0.885 bits per heavy atom. The van der Waals surface area contributed by atoms with Crippen molar-refractivity contribution in [3.05, 3.63) is 60.2 Å². The largest absolute Gasteiger partial charge is 0.370 e. The van der Waals surface area contributed by atoms with Crippen LogP contribution in [0.5, 0.6) is 0 Å². The van der Waals surface area contributed by atoms with Crippen LogP contribution in [0.15, 0.2) is 59.0 Å². The zero-order valence-corrected chi connectivity index (χ0v) is 23.1. The minimum absolute atomic E-state index is 0. The quantitative estimate of drug-likeness (QED) is 0.211. The van der Waals surface area contributed by atoms with Crippen LogP contribution in [-0.4, -0.2) is 21.9 Å². The number of guanidine groups is 2. The molecule has 148 valence electrons. The van der Waals surface area contributed by atoms with Crippen LogP contribution in [-0.2, 0) is 13.1 Å². The summed E-state index contributed by atoms with van der Waals surface area (Å²) >= 11 is 0. The van der Waals surface area contributed by atoms with Crippen molar-refractivity contribution in [3.8, 4) is 0 Å². The second-order valence-electron chi connectivity index (χ2n) is 4.19. The predicted octanol–water partition coefficient (Wildman–Crippen LogP) is 2.18. The highest BCUT2D eigenvalue weighted by Gasteiger charge is 1.88. The van der Waals surface area contributed by atoms with E-state index < -0.39 is 0 Å². The maximum Gasteiger partial charge on any atom is 0.186 e. The molecule has 0 aliphatic heterocycles. The van der Waals surface area contributed by atoms with Crippen molar-refractivity contribution in [3.63, 3.8) is 0 Å². The molecule has 0 aliphatic rings. The van der Waals surface area contributed by atoms with Gasteiger partial charge in [0.2, 0.25) is 0 Å². The fourth-order valence-corrected chi connectivity index (χ4v) is 1.34. The number of nitrogens with two attached hydrogens (primary N) is 4. The molecule has 0 aromatic carbocycles. The predicted molar refractivity (Wildman–Crippen MR) is 149 cm³/mol. The van der Waals surface area contributed by atoms with Crippen molar-refractivity contribution >= 4 is 108 Å². The summed E-state index contributed by atoms with van der Waals surface area (Å²) < 4.78 is 0. The van der Waals surface area contributed by atoms with Gasteiger partial charge in [-0.25, -0.2) is 9.98 Å². The summed E-state index contributed by atoms with van der Waals surface area (Å²) in [5.41, 5.74) is 22.7. The average Bonchev–Trinajstić information content (AvgIpc) is 2.53. The lowest BCUT2D eigenvalue weighted by Gasteiger charge is -1.94. The van der Waals surface area contributed by atoms with Crippen molar-refractivity contribution in [1.29, 1.82) is 0 Å². The molecule has 2 rings (SSSR count). The molecular weight excluding hydrogens is 788 g/mol. The van der Waals surface area contributed by atoms with E-state index in [2.05, 4.69) is 20.0 Å². The third-order valence-corrected chi connectivity index (χ3v) is 2.39. The van der Waals surface area contributed by atoms with Gasteiger partial charge in [-0.3, -0.25) is 9.97 Å². The Morgan fingerprint density at radius 3 is 1.12 bits per heavy atom. The SMILES string of the molecule is I.I.I.I.NC(N)=NCc1ccncc1.NC(N)=NCc1ccncc1. The second kappa shape index (κ2) is 21.1. The standard InChI is InChI=1S/2C7H10N4.4HI/c2*8-7(9)11-5-6-1-3-10-4-2-6;;;;/h2*1-4H,5H2,(H4,8,9,11);4*1H. The van der Waals surface area contributed by atoms with E-state index in [4.69, 9.17) is 22.9 Å². The van der Waals surface area contributed by atoms with Crippen molar-refractivity contribution in [2.75, 3.05) is 0 Å². The van der Waals surface area contributed by atoms with Gasteiger partial charge in [-0.15, -0.1) is 95.9 Å². The molecule has 0 amide bonds. The van der Waals surface area contributed by atoms with Gasteiger partial charge in [0.05, 0.1) is 13.1 Å². The molecule has 0 spiro atoms. The monoisotopic (exact) mass is 812 g/mol. The molecule has 0 saturated carbocycles. The van der Waals surface area contributed by atoms with Crippen LogP contribution in [0.4, 0.5) is 0 Å². The molecule has 0 atom stereocenters. The van der Waals surface area contributed by atoms with Crippen molar-refractivity contribution in [1.82, 2.24) is 9.97 Å². The van der Waals surface area contributed by atoms with Gasteiger partial charge in [0, 0.05) is 24.8 Å². The Bertz CT molecular complexity index is 547. The normalized spacial score (nSPS) is 7.69. The lowest BCUT2D eigenvalue weighted by molar-refractivity contribution is 1.04. The van der Waals surface area contributed by atoms with Crippen molar-refractivity contribution in [2.45, 2.75) is 13.1 Å². The van der Waals surface area contributed by atoms with Crippen LogP contribution >= 0.6 is 95.9 Å². The Hall–Kier alpha value is -0.240. The molecule has 8 N–H and O–H groups in total. The number of pyridine rings is 2. The summed E-state index contributed by atoms with van der Waals surface area (Å²) in [6.45, 7) is 1.04. The Kier molecular flexibility index (Phi) is 27.0. The molecule has 2 heterocycles. The number of hydrogen-bond acceptors (Lipinski definition) is 4. The molecule has 0 radical (unpaired) electrons. The average molecular weight is 812 g/mol. The molecule has 2 aromatic rings. The van der Waals surface area contributed by atoms with E-state index in [1.54, 1.807) is 24.8 Å². The van der Waals surface area contributed by atoms with Gasteiger partial charge in [0.15, 0.2) is 11.9 Å². The third-order valence-electron chi connectivity index (χ3n) is 2.39. The van der Waals surface area contributed by atoms with Gasteiger partial charge >= 0.3 is 0 Å². The molecule has 2 aromatic heterocycles. The Balaban J connectivity index is -0.000000161. The smallest absolute Gasteiger partial charge is 0.186 e. The molecule has 0 saturated heterocycles. The summed E-state index contributed by atoms with van der Waals surface area (Å²) in [5, 5.41) is 0. The zero-order valence-electron chi connectivity index (χ0n) is 13.8. The fourth-order valence-electron chi connectivity index (χ4n) is 1.34. The molecular formula is C14H24I4N8. The van der Waals surface area contributed by atoms with Crippen LogP contribution in [0, 0.1) is 0 Å². The van der Waals surface area contributed by atoms with E-state index in [9.17, 15) is 0 Å². The topological polar surface area (TPSA) is 155 Å².